The molecule has 5 nitrogen and oxygen atoms in total. The van der Waals surface area contributed by atoms with Gasteiger partial charge in [0.1, 0.15) is 0 Å². The van der Waals surface area contributed by atoms with Crippen molar-refractivity contribution in [3.8, 4) is 0 Å². The average molecular weight is 936 g/mol. The van der Waals surface area contributed by atoms with E-state index in [1.807, 2.05) is 0 Å². The van der Waals surface area contributed by atoms with Crippen molar-refractivity contribution in [3.05, 3.63) is 155 Å². The first-order valence-corrected chi connectivity index (χ1v) is 26.1. The van der Waals surface area contributed by atoms with Gasteiger partial charge < -0.3 is 18.2 Å². The summed E-state index contributed by atoms with van der Waals surface area (Å²) in [6.45, 7) is 2.13. The van der Waals surface area contributed by atoms with E-state index in [1.54, 1.807) is 28.1 Å². The van der Waals surface area contributed by atoms with Gasteiger partial charge in [0.2, 0.25) is 0 Å². The maximum absolute atomic E-state index is 3.77. The predicted octanol–water partition coefficient (Wildman–Crippen LogP) is 11.7. The van der Waals surface area contributed by atoms with Crippen LogP contribution in [0.1, 0.15) is 96.3 Å². The normalized spacial score (nSPS) is 41.4. The Balaban J connectivity index is 0.819. The van der Waals surface area contributed by atoms with E-state index in [1.165, 1.54) is 101 Å². The molecule has 13 rings (SSSR count). The summed E-state index contributed by atoms with van der Waals surface area (Å²) in [6, 6.07) is 3.48. The number of halogens is 1. The van der Waals surface area contributed by atoms with E-state index < -0.39 is 0 Å². The number of nitrogens with zero attached hydrogens (tertiary/aromatic N) is 4. The molecule has 62 heavy (non-hydrogen) atoms. The Bertz CT molecular complexity index is 2270. The second kappa shape index (κ2) is 15.9. The lowest BCUT2D eigenvalue weighted by Gasteiger charge is -2.41. The summed E-state index contributed by atoms with van der Waals surface area (Å²) >= 11 is 2.57. The number of likely N-dealkylation sites (tertiary alicyclic amines) is 2. The monoisotopic (exact) mass is 935 g/mol. The molecule has 4 aliphatic heterocycles. The zero-order valence-electron chi connectivity index (χ0n) is 36.6. The van der Waals surface area contributed by atoms with Crippen LogP contribution >= 0.6 is 22.9 Å². The summed E-state index contributed by atoms with van der Waals surface area (Å²) in [6.07, 6.45) is 64.4. The summed E-state index contributed by atoms with van der Waals surface area (Å²) in [5.41, 5.74) is 12.8. The molecule has 0 amide bonds. The van der Waals surface area contributed by atoms with Gasteiger partial charge in [-0.25, -0.2) is 0 Å². The highest BCUT2D eigenvalue weighted by atomic mass is 127. The smallest absolute Gasteiger partial charge is 0.0664 e. The molecule has 1 N–H and O–H groups in total. The predicted molar refractivity (Wildman–Crippen MR) is 261 cm³/mol. The molecular formula is C56H66IN5. The SMILES string of the molecule is IN1CCNC2=C1C=C(N1C3CCC(C4C=CC5=C(C4)N(C4=CCCC=C4)C4CCC=CC54)C=C3C3CC(C4=CCC5C6C=CCCC6N(C6C=CC=CC6)C5C4)C=CC31)CC2. The third-order valence-corrected chi connectivity index (χ3v) is 19.2. The van der Waals surface area contributed by atoms with Crippen LogP contribution in [0.5, 0.6) is 0 Å². The van der Waals surface area contributed by atoms with Gasteiger partial charge in [0.05, 0.1) is 40.6 Å². The second-order valence-electron chi connectivity index (χ2n) is 21.0. The molecule has 6 heteroatoms. The highest BCUT2D eigenvalue weighted by Gasteiger charge is 2.53. The number of rotatable bonds is 5. The molecule has 0 radical (unpaired) electrons. The number of fused-ring (bicyclic) bond motifs is 8. The van der Waals surface area contributed by atoms with E-state index in [0.717, 1.165) is 37.8 Å². The van der Waals surface area contributed by atoms with Crippen molar-refractivity contribution in [2.45, 2.75) is 133 Å². The molecule has 2 fully saturated rings. The number of allylic oxidation sites excluding steroid dienone is 16. The minimum atomic E-state index is 0.461. The van der Waals surface area contributed by atoms with Crippen LogP contribution in [0.4, 0.5) is 0 Å². The van der Waals surface area contributed by atoms with Crippen molar-refractivity contribution >= 4 is 22.9 Å². The standard InChI is InChI=1S/C56H66IN5/c57-59-30-29-58-49-26-23-42(35-56(49)59)62-52-27-21-36(38-19-24-45-43-15-7-9-17-50(43)60(54(45)33-38)40-11-3-1-4-12-40)31-47(52)48-32-37(22-28-53(48)62)39-20-25-46-44-16-8-10-18-51(44)61(55(46)34-39)41-13-5-2-6-14-41/h1,3-5,7-8,11,13-16,19-21,25,27,32,35-37,39-40,43-45,47,50-54,58H,2,6,9-10,12,17-18,22-24,26,28-31,33-34H2. The van der Waals surface area contributed by atoms with Gasteiger partial charge in [-0.15, -0.1) is 0 Å². The first kappa shape index (κ1) is 38.9. The van der Waals surface area contributed by atoms with E-state index >= 15 is 0 Å². The lowest BCUT2D eigenvalue weighted by Crippen LogP contribution is -2.46. The van der Waals surface area contributed by atoms with E-state index in [2.05, 4.69) is 155 Å². The van der Waals surface area contributed by atoms with Crippen LogP contribution in [-0.2, 0) is 0 Å². The molecule has 9 aliphatic carbocycles. The molecule has 0 aromatic carbocycles. The van der Waals surface area contributed by atoms with Crippen LogP contribution < -0.4 is 5.32 Å². The van der Waals surface area contributed by atoms with Gasteiger partial charge in [0.15, 0.2) is 0 Å². The highest BCUT2D eigenvalue weighted by molar-refractivity contribution is 14.1. The van der Waals surface area contributed by atoms with Crippen LogP contribution in [-0.4, -0.2) is 67.2 Å². The van der Waals surface area contributed by atoms with Crippen molar-refractivity contribution in [3.63, 3.8) is 0 Å². The second-order valence-corrected chi connectivity index (χ2v) is 22.2. The fraction of sp³-hybridized carbons (Fsp3) is 0.536. The number of nitrogens with one attached hydrogen (secondary N) is 1. The summed E-state index contributed by atoms with van der Waals surface area (Å²) in [5, 5.41) is 3.77. The molecule has 0 bridgehead atoms. The van der Waals surface area contributed by atoms with Gasteiger partial charge >= 0.3 is 0 Å². The van der Waals surface area contributed by atoms with Crippen molar-refractivity contribution in [1.29, 1.82) is 0 Å². The molecule has 13 atom stereocenters. The van der Waals surface area contributed by atoms with Crippen LogP contribution in [0.2, 0.25) is 0 Å². The third kappa shape index (κ3) is 6.36. The molecule has 322 valence electrons. The van der Waals surface area contributed by atoms with Crippen molar-refractivity contribution in [1.82, 2.24) is 23.1 Å². The molecule has 0 aromatic rings. The van der Waals surface area contributed by atoms with Gasteiger partial charge in [-0.1, -0.05) is 103 Å². The van der Waals surface area contributed by atoms with Crippen LogP contribution in [0.15, 0.2) is 155 Å². The van der Waals surface area contributed by atoms with Crippen LogP contribution in [0.25, 0.3) is 0 Å². The Kier molecular flexibility index (Phi) is 9.98. The Morgan fingerprint density at radius 1 is 0.742 bits per heavy atom. The number of hydrogen-bond donors (Lipinski definition) is 1. The summed E-state index contributed by atoms with van der Waals surface area (Å²) in [4.78, 5) is 8.84. The molecule has 13 unspecified atom stereocenters. The Labute approximate surface area is 385 Å². The largest absolute Gasteiger partial charge is 0.385 e. The molecule has 0 aromatic heterocycles. The fourth-order valence-electron chi connectivity index (χ4n) is 15.5. The van der Waals surface area contributed by atoms with Gasteiger partial charge in [-0.05, 0) is 149 Å². The minimum absolute atomic E-state index is 0.461. The molecule has 0 spiro atoms. The maximum Gasteiger partial charge on any atom is 0.0664 e. The van der Waals surface area contributed by atoms with Crippen molar-refractivity contribution < 1.29 is 0 Å². The molecule has 2 saturated heterocycles. The zero-order chi connectivity index (χ0) is 40.9. The number of hydrogen-bond acceptors (Lipinski definition) is 5. The van der Waals surface area contributed by atoms with E-state index in [0.29, 0.717) is 65.8 Å². The van der Waals surface area contributed by atoms with Gasteiger partial charge in [-0.2, -0.15) is 0 Å². The summed E-state index contributed by atoms with van der Waals surface area (Å²) in [5.74, 6) is 4.33. The summed E-state index contributed by atoms with van der Waals surface area (Å²) < 4.78 is 2.48. The third-order valence-electron chi connectivity index (χ3n) is 18.2. The Morgan fingerprint density at radius 3 is 2.58 bits per heavy atom. The van der Waals surface area contributed by atoms with Crippen molar-refractivity contribution in [2.24, 2.45) is 41.4 Å². The summed E-state index contributed by atoms with van der Waals surface area (Å²) in [7, 11) is 0. The van der Waals surface area contributed by atoms with Gasteiger partial charge in [0.25, 0.3) is 0 Å². The quantitative estimate of drug-likeness (QED) is 0.168. The molecular weight excluding hydrogens is 870 g/mol. The maximum atomic E-state index is 3.77. The van der Waals surface area contributed by atoms with Gasteiger partial charge in [0, 0.05) is 71.9 Å². The zero-order valence-corrected chi connectivity index (χ0v) is 38.7. The molecule has 4 heterocycles. The van der Waals surface area contributed by atoms with E-state index in [9.17, 15) is 0 Å². The fourth-order valence-corrected chi connectivity index (χ4v) is 16.1. The van der Waals surface area contributed by atoms with Crippen LogP contribution in [0, 0.1) is 41.4 Å². The van der Waals surface area contributed by atoms with Crippen LogP contribution in [0.3, 0.4) is 0 Å². The Morgan fingerprint density at radius 2 is 1.68 bits per heavy atom. The van der Waals surface area contributed by atoms with E-state index in [-0.39, 0.29) is 0 Å². The van der Waals surface area contributed by atoms with Gasteiger partial charge in [-0.3, -0.25) is 4.90 Å². The average Bonchev–Trinajstić information content (AvgIpc) is 3.97. The Hall–Kier alpha value is -3.49. The topological polar surface area (TPSA) is 25.0 Å². The first-order chi connectivity index (χ1) is 30.7. The van der Waals surface area contributed by atoms with Crippen molar-refractivity contribution in [2.75, 3.05) is 13.1 Å². The molecule has 13 aliphatic rings. The molecule has 0 saturated carbocycles. The minimum Gasteiger partial charge on any atom is -0.385 e. The highest BCUT2D eigenvalue weighted by Crippen LogP contribution is 2.56. The first-order valence-electron chi connectivity index (χ1n) is 25.2. The lowest BCUT2D eigenvalue weighted by atomic mass is 9.69. The lowest BCUT2D eigenvalue weighted by molar-refractivity contribution is 0.128. The van der Waals surface area contributed by atoms with E-state index in [4.69, 9.17) is 0 Å².